The summed E-state index contributed by atoms with van der Waals surface area (Å²) in [7, 11) is 0. The van der Waals surface area contributed by atoms with Crippen LogP contribution in [0.5, 0.6) is 0 Å². The fourth-order valence-electron chi connectivity index (χ4n) is 3.67. The number of nitrogens with one attached hydrogen (secondary N) is 2. The Hall–Kier alpha value is -4.24. The van der Waals surface area contributed by atoms with Crippen LogP contribution in [0, 0.1) is 11.3 Å². The summed E-state index contributed by atoms with van der Waals surface area (Å²) in [5.41, 5.74) is 6.13. The summed E-state index contributed by atoms with van der Waals surface area (Å²) < 4.78 is 0. The summed E-state index contributed by atoms with van der Waals surface area (Å²) in [6.07, 6.45) is 6.04. The van der Waals surface area contributed by atoms with Gasteiger partial charge in [0.1, 0.15) is 11.8 Å². The van der Waals surface area contributed by atoms with Gasteiger partial charge in [0.15, 0.2) is 0 Å². The van der Waals surface area contributed by atoms with Gasteiger partial charge in [-0.05, 0) is 30.2 Å². The average molecular weight is 390 g/mol. The predicted octanol–water partition coefficient (Wildman–Crippen LogP) is 4.70. The average Bonchev–Trinajstić information content (AvgIpc) is 3.24. The van der Waals surface area contributed by atoms with Crippen molar-refractivity contribution < 1.29 is 0 Å². The van der Waals surface area contributed by atoms with Crippen molar-refractivity contribution in [2.75, 3.05) is 11.9 Å². The minimum atomic E-state index is 0.529. The fourth-order valence-corrected chi connectivity index (χ4v) is 3.67. The Morgan fingerprint density at radius 3 is 2.77 bits per heavy atom. The molecule has 0 spiro atoms. The van der Waals surface area contributed by atoms with E-state index in [4.69, 9.17) is 0 Å². The maximum absolute atomic E-state index is 9.63. The Balaban J connectivity index is 1.55. The summed E-state index contributed by atoms with van der Waals surface area (Å²) in [6, 6.07) is 20.5. The lowest BCUT2D eigenvalue weighted by Crippen LogP contribution is -2.07. The van der Waals surface area contributed by atoms with E-state index >= 15 is 0 Å². The Kier molecular flexibility index (Phi) is 4.54. The van der Waals surface area contributed by atoms with Crippen molar-refractivity contribution in [1.82, 2.24) is 20.2 Å². The standard InChI is InChI=1S/C24H18N6/c25-13-18-14-28-21-7-6-17(24-20-15-26-10-9-22(20)29-30-24)12-19(21)23(18)27-11-8-16-4-2-1-3-5-16/h1-7,9-10,12,14-15H,8,11H2,(H,27,28)(H,29,30). The van der Waals surface area contributed by atoms with E-state index < -0.39 is 0 Å². The quantitative estimate of drug-likeness (QED) is 0.454. The molecule has 0 amide bonds. The van der Waals surface area contributed by atoms with E-state index in [9.17, 15) is 5.26 Å². The Morgan fingerprint density at radius 1 is 1.00 bits per heavy atom. The molecule has 0 atom stereocenters. The highest BCUT2D eigenvalue weighted by molar-refractivity contribution is 5.99. The number of nitriles is 1. The number of pyridine rings is 2. The lowest BCUT2D eigenvalue weighted by molar-refractivity contribution is 1.02. The molecular formula is C24H18N6. The molecule has 5 aromatic rings. The van der Waals surface area contributed by atoms with Gasteiger partial charge in [0.05, 0.1) is 22.3 Å². The van der Waals surface area contributed by atoms with Crippen molar-refractivity contribution in [1.29, 1.82) is 5.26 Å². The first-order valence-corrected chi connectivity index (χ1v) is 9.72. The summed E-state index contributed by atoms with van der Waals surface area (Å²) in [5.74, 6) is 0. The summed E-state index contributed by atoms with van der Waals surface area (Å²) >= 11 is 0. The van der Waals surface area contributed by atoms with Crippen LogP contribution < -0.4 is 5.32 Å². The first-order valence-electron chi connectivity index (χ1n) is 9.72. The van der Waals surface area contributed by atoms with Crippen LogP contribution in [0.25, 0.3) is 33.1 Å². The second-order valence-corrected chi connectivity index (χ2v) is 7.05. The zero-order valence-corrected chi connectivity index (χ0v) is 16.1. The van der Waals surface area contributed by atoms with Gasteiger partial charge < -0.3 is 5.32 Å². The van der Waals surface area contributed by atoms with E-state index in [1.54, 1.807) is 18.6 Å². The number of hydrogen-bond acceptors (Lipinski definition) is 5. The van der Waals surface area contributed by atoms with Gasteiger partial charge in [-0.3, -0.25) is 15.1 Å². The summed E-state index contributed by atoms with van der Waals surface area (Å²) in [5, 5.41) is 22.5. The molecule has 0 fully saturated rings. The first kappa shape index (κ1) is 17.8. The van der Waals surface area contributed by atoms with Crippen molar-refractivity contribution in [3.05, 3.63) is 84.3 Å². The lowest BCUT2D eigenvalue weighted by atomic mass is 10.0. The number of aromatic amines is 1. The van der Waals surface area contributed by atoms with Crippen LogP contribution in [0.15, 0.2) is 73.2 Å². The topological polar surface area (TPSA) is 90.3 Å². The Bertz CT molecular complexity index is 1380. The van der Waals surface area contributed by atoms with Gasteiger partial charge in [-0.25, -0.2) is 0 Å². The number of benzene rings is 2. The van der Waals surface area contributed by atoms with Crippen LogP contribution in [0.3, 0.4) is 0 Å². The van der Waals surface area contributed by atoms with Crippen molar-refractivity contribution in [2.24, 2.45) is 0 Å². The zero-order valence-electron chi connectivity index (χ0n) is 16.1. The highest BCUT2D eigenvalue weighted by Gasteiger charge is 2.13. The minimum Gasteiger partial charge on any atom is -0.383 e. The molecule has 144 valence electrons. The molecular weight excluding hydrogens is 372 g/mol. The molecule has 6 heteroatoms. The highest BCUT2D eigenvalue weighted by atomic mass is 15.1. The van der Waals surface area contributed by atoms with E-state index in [0.717, 1.165) is 51.7 Å². The van der Waals surface area contributed by atoms with Gasteiger partial charge in [0, 0.05) is 41.5 Å². The molecule has 0 aliphatic rings. The van der Waals surface area contributed by atoms with Gasteiger partial charge in [-0.1, -0.05) is 36.4 Å². The van der Waals surface area contributed by atoms with E-state index in [1.165, 1.54) is 5.56 Å². The van der Waals surface area contributed by atoms with E-state index in [0.29, 0.717) is 5.56 Å². The van der Waals surface area contributed by atoms with Crippen LogP contribution in [-0.4, -0.2) is 26.7 Å². The highest BCUT2D eigenvalue weighted by Crippen LogP contribution is 2.32. The van der Waals surface area contributed by atoms with Crippen molar-refractivity contribution >= 4 is 27.5 Å². The molecule has 0 radical (unpaired) electrons. The number of fused-ring (bicyclic) bond motifs is 2. The minimum absolute atomic E-state index is 0.529. The third-order valence-corrected chi connectivity index (χ3v) is 5.18. The molecule has 0 bridgehead atoms. The molecule has 0 aliphatic carbocycles. The third-order valence-electron chi connectivity index (χ3n) is 5.18. The summed E-state index contributed by atoms with van der Waals surface area (Å²) in [6.45, 7) is 0.720. The number of rotatable bonds is 5. The molecule has 5 rings (SSSR count). The Morgan fingerprint density at radius 2 is 1.90 bits per heavy atom. The van der Waals surface area contributed by atoms with Crippen LogP contribution in [-0.2, 0) is 6.42 Å². The molecule has 6 nitrogen and oxygen atoms in total. The molecule has 30 heavy (non-hydrogen) atoms. The molecule has 0 unspecified atom stereocenters. The molecule has 2 aromatic carbocycles. The molecule has 0 aliphatic heterocycles. The molecule has 3 heterocycles. The van der Waals surface area contributed by atoms with Gasteiger partial charge in [-0.15, -0.1) is 0 Å². The molecule has 2 N–H and O–H groups in total. The van der Waals surface area contributed by atoms with E-state index in [1.807, 2.05) is 42.5 Å². The van der Waals surface area contributed by atoms with Crippen molar-refractivity contribution in [3.8, 4) is 17.3 Å². The van der Waals surface area contributed by atoms with Crippen molar-refractivity contribution in [2.45, 2.75) is 6.42 Å². The van der Waals surface area contributed by atoms with Gasteiger partial charge >= 0.3 is 0 Å². The maximum Gasteiger partial charge on any atom is 0.103 e. The third kappa shape index (κ3) is 3.23. The number of H-pyrrole nitrogens is 1. The SMILES string of the molecule is N#Cc1cnc2ccc(-c3n[nH]c4ccncc34)cc2c1NCCc1ccccc1. The van der Waals surface area contributed by atoms with Gasteiger partial charge in [0.2, 0.25) is 0 Å². The van der Waals surface area contributed by atoms with Gasteiger partial charge in [0.25, 0.3) is 0 Å². The second kappa shape index (κ2) is 7.64. The molecule has 0 saturated heterocycles. The normalized spacial score (nSPS) is 10.9. The van der Waals surface area contributed by atoms with Crippen LogP contribution in [0.2, 0.25) is 0 Å². The first-order chi connectivity index (χ1) is 14.8. The number of hydrogen-bond donors (Lipinski definition) is 2. The Labute approximate surface area is 173 Å². The largest absolute Gasteiger partial charge is 0.383 e. The number of anilines is 1. The van der Waals surface area contributed by atoms with Crippen LogP contribution in [0.4, 0.5) is 5.69 Å². The van der Waals surface area contributed by atoms with Gasteiger partial charge in [-0.2, -0.15) is 10.4 Å². The fraction of sp³-hybridized carbons (Fsp3) is 0.0833. The van der Waals surface area contributed by atoms with Crippen LogP contribution >= 0.6 is 0 Å². The van der Waals surface area contributed by atoms with Crippen molar-refractivity contribution in [3.63, 3.8) is 0 Å². The van der Waals surface area contributed by atoms with E-state index in [2.05, 4.69) is 43.7 Å². The number of nitrogens with zero attached hydrogens (tertiary/aromatic N) is 4. The van der Waals surface area contributed by atoms with E-state index in [-0.39, 0.29) is 0 Å². The second-order valence-electron chi connectivity index (χ2n) is 7.05. The predicted molar refractivity (Wildman–Crippen MR) is 118 cm³/mol. The lowest BCUT2D eigenvalue weighted by Gasteiger charge is -2.12. The summed E-state index contributed by atoms with van der Waals surface area (Å²) in [4.78, 5) is 8.68. The monoisotopic (exact) mass is 390 g/mol. The molecule has 3 aromatic heterocycles. The number of aromatic nitrogens is 4. The smallest absolute Gasteiger partial charge is 0.103 e. The zero-order chi connectivity index (χ0) is 20.3. The van der Waals surface area contributed by atoms with Crippen LogP contribution in [0.1, 0.15) is 11.1 Å². The molecule has 0 saturated carbocycles. The maximum atomic E-state index is 9.63.